The van der Waals surface area contributed by atoms with Crippen molar-refractivity contribution in [2.75, 3.05) is 18.2 Å². The summed E-state index contributed by atoms with van der Waals surface area (Å²) in [4.78, 5) is 0. The first-order valence-electron chi connectivity index (χ1n) is 12.2. The first-order valence-corrected chi connectivity index (χ1v) is 13.4. The van der Waals surface area contributed by atoms with E-state index in [1.54, 1.807) is 0 Å². The van der Waals surface area contributed by atoms with Crippen LogP contribution in [0.3, 0.4) is 0 Å². The lowest BCUT2D eigenvalue weighted by molar-refractivity contribution is 0.193. The van der Waals surface area contributed by atoms with E-state index in [4.69, 9.17) is 16.3 Å². The molecule has 0 aliphatic carbocycles. The molecular formula is C27H44ClOS. The molecular weight excluding hydrogens is 408 g/mol. The number of benzene rings is 1. The Morgan fingerprint density at radius 2 is 1.63 bits per heavy atom. The zero-order valence-corrected chi connectivity index (χ0v) is 20.8. The summed E-state index contributed by atoms with van der Waals surface area (Å²) in [5.74, 6) is 3.53. The van der Waals surface area contributed by atoms with Gasteiger partial charge in [0.25, 0.3) is 0 Å². The van der Waals surface area contributed by atoms with Gasteiger partial charge in [-0.15, -0.1) is 11.6 Å². The zero-order valence-electron chi connectivity index (χ0n) is 19.2. The maximum absolute atomic E-state index is 5.98. The minimum absolute atomic E-state index is 0.466. The SMILES string of the molecule is CCCCCCCC/C=C\CCCCC(CCCCl)C(CS)COc1[c]cccc1. The predicted octanol–water partition coefficient (Wildman–Crippen LogP) is 8.91. The molecule has 2 unspecified atom stereocenters. The average Bonchev–Trinajstić information content (AvgIpc) is 2.78. The lowest BCUT2D eigenvalue weighted by atomic mass is 9.85. The molecule has 1 aromatic carbocycles. The number of allylic oxidation sites excluding steroid dienone is 2. The van der Waals surface area contributed by atoms with Crippen LogP contribution in [0.4, 0.5) is 0 Å². The number of unbranched alkanes of at least 4 members (excludes halogenated alkanes) is 8. The lowest BCUT2D eigenvalue weighted by Crippen LogP contribution is -2.24. The molecule has 2 atom stereocenters. The quantitative estimate of drug-likeness (QED) is 0.0900. The largest absolute Gasteiger partial charge is 0.493 e. The van der Waals surface area contributed by atoms with Gasteiger partial charge >= 0.3 is 0 Å². The Labute approximate surface area is 197 Å². The van der Waals surface area contributed by atoms with E-state index in [1.165, 1.54) is 77.0 Å². The van der Waals surface area contributed by atoms with Gasteiger partial charge in [-0.1, -0.05) is 82.2 Å². The molecule has 0 N–H and O–H groups in total. The highest BCUT2D eigenvalue weighted by atomic mass is 35.5. The van der Waals surface area contributed by atoms with E-state index in [-0.39, 0.29) is 0 Å². The Balaban J connectivity index is 2.23. The van der Waals surface area contributed by atoms with Crippen LogP contribution in [0.25, 0.3) is 0 Å². The molecule has 0 saturated heterocycles. The van der Waals surface area contributed by atoms with Crippen molar-refractivity contribution in [1.82, 2.24) is 0 Å². The Bertz CT molecular complexity index is 505. The van der Waals surface area contributed by atoms with Gasteiger partial charge in [0, 0.05) is 17.9 Å². The molecule has 1 aromatic rings. The van der Waals surface area contributed by atoms with Crippen molar-refractivity contribution < 1.29 is 4.74 Å². The number of alkyl halides is 1. The fraction of sp³-hybridized carbons (Fsp3) is 0.704. The van der Waals surface area contributed by atoms with Crippen LogP contribution in [-0.2, 0) is 0 Å². The van der Waals surface area contributed by atoms with E-state index in [1.807, 2.05) is 24.3 Å². The summed E-state index contributed by atoms with van der Waals surface area (Å²) in [6.07, 6.45) is 21.6. The summed E-state index contributed by atoms with van der Waals surface area (Å²) >= 11 is 10.6. The molecule has 1 radical (unpaired) electrons. The van der Waals surface area contributed by atoms with E-state index in [0.29, 0.717) is 11.8 Å². The maximum Gasteiger partial charge on any atom is 0.127 e. The first-order chi connectivity index (χ1) is 14.8. The number of hydrogen-bond acceptors (Lipinski definition) is 2. The number of halogens is 1. The van der Waals surface area contributed by atoms with Gasteiger partial charge in [0.1, 0.15) is 5.75 Å². The summed E-state index contributed by atoms with van der Waals surface area (Å²) in [5, 5.41) is 0. The van der Waals surface area contributed by atoms with Crippen LogP contribution >= 0.6 is 24.2 Å². The summed E-state index contributed by atoms with van der Waals surface area (Å²) in [6, 6.07) is 11.0. The highest BCUT2D eigenvalue weighted by Crippen LogP contribution is 2.27. The van der Waals surface area contributed by atoms with Gasteiger partial charge in [-0.3, -0.25) is 0 Å². The molecule has 1 nitrogen and oxygen atoms in total. The average molecular weight is 452 g/mol. The van der Waals surface area contributed by atoms with Crippen LogP contribution in [0, 0.1) is 17.9 Å². The molecule has 0 heterocycles. The molecule has 0 fully saturated rings. The van der Waals surface area contributed by atoms with Gasteiger partial charge in [0.15, 0.2) is 0 Å². The first kappa shape index (κ1) is 27.4. The third-order valence-electron chi connectivity index (χ3n) is 5.83. The van der Waals surface area contributed by atoms with Crippen LogP contribution in [0.5, 0.6) is 5.75 Å². The van der Waals surface area contributed by atoms with Crippen molar-refractivity contribution in [2.24, 2.45) is 11.8 Å². The lowest BCUT2D eigenvalue weighted by Gasteiger charge is -2.26. The fourth-order valence-electron chi connectivity index (χ4n) is 3.90. The van der Waals surface area contributed by atoms with Crippen LogP contribution in [-0.4, -0.2) is 18.2 Å². The number of rotatable bonds is 20. The minimum Gasteiger partial charge on any atom is -0.493 e. The van der Waals surface area contributed by atoms with E-state index in [9.17, 15) is 0 Å². The Morgan fingerprint density at radius 3 is 2.30 bits per heavy atom. The third-order valence-corrected chi connectivity index (χ3v) is 6.57. The summed E-state index contributed by atoms with van der Waals surface area (Å²) in [7, 11) is 0. The van der Waals surface area contributed by atoms with Crippen molar-refractivity contribution in [3.63, 3.8) is 0 Å². The third kappa shape index (κ3) is 14.4. The minimum atomic E-state index is 0.466. The van der Waals surface area contributed by atoms with Gasteiger partial charge in [-0.25, -0.2) is 0 Å². The molecule has 0 saturated carbocycles. The normalized spacial score (nSPS) is 13.6. The fourth-order valence-corrected chi connectivity index (χ4v) is 4.46. The van der Waals surface area contributed by atoms with Gasteiger partial charge in [-0.2, -0.15) is 12.6 Å². The summed E-state index contributed by atoms with van der Waals surface area (Å²) < 4.78 is 5.98. The van der Waals surface area contributed by atoms with Crippen LogP contribution in [0.2, 0.25) is 0 Å². The zero-order chi connectivity index (χ0) is 21.7. The van der Waals surface area contributed by atoms with Gasteiger partial charge in [0.2, 0.25) is 0 Å². The standard InChI is InChI=1S/C27H44ClOS/c1-2-3-4-5-6-7-8-9-10-11-12-14-18-25(19-17-22-28)26(24-30)23-29-27-20-15-13-16-21-27/h9-10,13,15-16,20,25-26,30H,2-8,11-12,14,17-19,22-24H2,1H3/b10-9-. The molecule has 0 spiro atoms. The van der Waals surface area contributed by atoms with Gasteiger partial charge in [0.05, 0.1) is 6.61 Å². The summed E-state index contributed by atoms with van der Waals surface area (Å²) in [6.45, 7) is 2.99. The van der Waals surface area contributed by atoms with E-state index >= 15 is 0 Å². The van der Waals surface area contributed by atoms with Crippen LogP contribution in [0.15, 0.2) is 36.4 Å². The smallest absolute Gasteiger partial charge is 0.127 e. The molecule has 0 aliphatic heterocycles. The number of thiol groups is 1. The highest BCUT2D eigenvalue weighted by Gasteiger charge is 2.20. The van der Waals surface area contributed by atoms with Gasteiger partial charge in [-0.05, 0) is 56.3 Å². The monoisotopic (exact) mass is 451 g/mol. The Morgan fingerprint density at radius 1 is 0.933 bits per heavy atom. The molecule has 3 heteroatoms. The second-order valence-electron chi connectivity index (χ2n) is 8.38. The second-order valence-corrected chi connectivity index (χ2v) is 9.13. The van der Waals surface area contributed by atoms with E-state index < -0.39 is 0 Å². The van der Waals surface area contributed by atoms with Crippen molar-refractivity contribution >= 4 is 24.2 Å². The van der Waals surface area contributed by atoms with Gasteiger partial charge < -0.3 is 4.74 Å². The van der Waals surface area contributed by atoms with Crippen molar-refractivity contribution in [1.29, 1.82) is 0 Å². The predicted molar refractivity (Wildman–Crippen MR) is 137 cm³/mol. The topological polar surface area (TPSA) is 9.23 Å². The summed E-state index contributed by atoms with van der Waals surface area (Å²) in [5.41, 5.74) is 0. The Hall–Kier alpha value is -0.600. The second kappa shape index (κ2) is 20.3. The molecule has 0 aromatic heterocycles. The van der Waals surface area contributed by atoms with E-state index in [0.717, 1.165) is 30.4 Å². The van der Waals surface area contributed by atoms with Crippen molar-refractivity contribution in [3.8, 4) is 5.75 Å². The van der Waals surface area contributed by atoms with Crippen molar-refractivity contribution in [2.45, 2.75) is 90.4 Å². The van der Waals surface area contributed by atoms with Crippen LogP contribution in [0.1, 0.15) is 90.4 Å². The molecule has 0 bridgehead atoms. The van der Waals surface area contributed by atoms with Crippen LogP contribution < -0.4 is 4.74 Å². The number of para-hydroxylation sites is 1. The molecule has 171 valence electrons. The molecule has 1 rings (SSSR count). The molecule has 30 heavy (non-hydrogen) atoms. The number of hydrogen-bond donors (Lipinski definition) is 1. The Kier molecular flexibility index (Phi) is 18.6. The molecule has 0 amide bonds. The van der Waals surface area contributed by atoms with Crippen molar-refractivity contribution in [3.05, 3.63) is 42.5 Å². The molecule has 0 aliphatic rings. The van der Waals surface area contributed by atoms with E-state index in [2.05, 4.69) is 37.8 Å². The highest BCUT2D eigenvalue weighted by molar-refractivity contribution is 7.80. The maximum atomic E-state index is 5.98. The number of ether oxygens (including phenoxy) is 1.